The van der Waals surface area contributed by atoms with E-state index in [2.05, 4.69) is 0 Å². The van der Waals surface area contributed by atoms with Gasteiger partial charge in [0.05, 0.1) is 5.56 Å². The molecule has 0 aliphatic rings. The third-order valence-electron chi connectivity index (χ3n) is 2.96. The molecule has 2 rings (SSSR count). The summed E-state index contributed by atoms with van der Waals surface area (Å²) in [5.74, 6) is -0.290. The predicted molar refractivity (Wildman–Crippen MR) is 79.6 cm³/mol. The molecule has 0 saturated carbocycles. The molecule has 3 nitrogen and oxygen atoms in total. The van der Waals surface area contributed by atoms with Gasteiger partial charge >= 0.3 is 5.97 Å². The van der Waals surface area contributed by atoms with Crippen LogP contribution >= 0.6 is 0 Å². The quantitative estimate of drug-likeness (QED) is 0.781. The molecule has 0 aromatic heterocycles. The molecule has 0 saturated heterocycles. The van der Waals surface area contributed by atoms with Crippen molar-refractivity contribution in [2.75, 3.05) is 20.6 Å². The van der Waals surface area contributed by atoms with Crippen LogP contribution < -0.4 is 0 Å². The fraction of sp³-hybridized carbons (Fsp3) is 0.235. The largest absolute Gasteiger partial charge is 0.453 e. The van der Waals surface area contributed by atoms with Gasteiger partial charge in [0.25, 0.3) is 0 Å². The number of hydrogen-bond acceptors (Lipinski definition) is 3. The summed E-state index contributed by atoms with van der Waals surface area (Å²) in [4.78, 5) is 14.2. The van der Waals surface area contributed by atoms with Gasteiger partial charge in [0.15, 0.2) is 0 Å². The highest BCUT2D eigenvalue weighted by atomic mass is 16.5. The van der Waals surface area contributed by atoms with Crippen LogP contribution in [-0.4, -0.2) is 31.5 Å². The van der Waals surface area contributed by atoms with Gasteiger partial charge in [-0.25, -0.2) is 4.79 Å². The number of carbonyl (C=O) groups excluding carboxylic acids is 1. The molecule has 0 fully saturated rings. The molecule has 0 aliphatic carbocycles. The molecule has 2 aromatic rings. The van der Waals surface area contributed by atoms with E-state index < -0.39 is 0 Å². The first kappa shape index (κ1) is 14.3. The smallest absolute Gasteiger partial charge is 0.338 e. The summed E-state index contributed by atoms with van der Waals surface area (Å²) in [6.45, 7) is 0.655. The van der Waals surface area contributed by atoms with E-state index in [0.717, 1.165) is 5.56 Å². The molecule has 0 radical (unpaired) electrons. The van der Waals surface area contributed by atoms with Gasteiger partial charge in [-0.2, -0.15) is 0 Å². The van der Waals surface area contributed by atoms with E-state index in [1.165, 1.54) is 0 Å². The highest BCUT2D eigenvalue weighted by molar-refractivity contribution is 5.89. The maximum atomic E-state index is 12.2. The lowest BCUT2D eigenvalue weighted by molar-refractivity contribution is 0.0236. The third kappa shape index (κ3) is 3.93. The topological polar surface area (TPSA) is 29.5 Å². The summed E-state index contributed by atoms with van der Waals surface area (Å²) in [5, 5.41) is 0. The molecule has 2 aromatic carbocycles. The Hall–Kier alpha value is -2.13. The van der Waals surface area contributed by atoms with E-state index in [4.69, 9.17) is 4.74 Å². The molecule has 20 heavy (non-hydrogen) atoms. The summed E-state index contributed by atoms with van der Waals surface area (Å²) < 4.78 is 5.65. The van der Waals surface area contributed by atoms with E-state index in [1.807, 2.05) is 67.5 Å². The highest BCUT2D eigenvalue weighted by Gasteiger charge is 2.18. The number of rotatable bonds is 5. The molecule has 0 heterocycles. The van der Waals surface area contributed by atoms with Gasteiger partial charge in [0, 0.05) is 6.54 Å². The minimum atomic E-state index is -0.290. The van der Waals surface area contributed by atoms with Crippen LogP contribution in [0.4, 0.5) is 0 Å². The molecule has 1 atom stereocenters. The van der Waals surface area contributed by atoms with Crippen molar-refractivity contribution in [3.63, 3.8) is 0 Å². The van der Waals surface area contributed by atoms with Crippen molar-refractivity contribution in [3.8, 4) is 0 Å². The van der Waals surface area contributed by atoms with Crippen molar-refractivity contribution in [3.05, 3.63) is 71.8 Å². The minimum Gasteiger partial charge on any atom is -0.453 e. The Labute approximate surface area is 119 Å². The van der Waals surface area contributed by atoms with Crippen molar-refractivity contribution in [2.24, 2.45) is 0 Å². The first-order chi connectivity index (χ1) is 9.66. The fourth-order valence-electron chi connectivity index (χ4n) is 1.98. The van der Waals surface area contributed by atoms with Gasteiger partial charge < -0.3 is 9.64 Å². The summed E-state index contributed by atoms with van der Waals surface area (Å²) in [5.41, 5.74) is 1.58. The molecule has 1 unspecified atom stereocenters. The number of likely N-dealkylation sites (N-methyl/N-ethyl adjacent to an activating group) is 1. The Morgan fingerprint density at radius 2 is 1.55 bits per heavy atom. The highest BCUT2D eigenvalue weighted by Crippen LogP contribution is 2.19. The van der Waals surface area contributed by atoms with Crippen LogP contribution in [0, 0.1) is 0 Å². The SMILES string of the molecule is CN(C)CC(OC(=O)c1ccccc1)c1ccccc1. The van der Waals surface area contributed by atoms with Crippen molar-refractivity contribution in [2.45, 2.75) is 6.10 Å². The lowest BCUT2D eigenvalue weighted by Gasteiger charge is -2.22. The molecule has 0 spiro atoms. The van der Waals surface area contributed by atoms with Crippen LogP contribution in [0.5, 0.6) is 0 Å². The number of carbonyl (C=O) groups is 1. The van der Waals surface area contributed by atoms with E-state index >= 15 is 0 Å². The maximum absolute atomic E-state index is 12.2. The Bertz CT molecular complexity index is 537. The molecular formula is C17H19NO2. The van der Waals surface area contributed by atoms with Crippen LogP contribution in [0.15, 0.2) is 60.7 Å². The van der Waals surface area contributed by atoms with Gasteiger partial charge in [-0.1, -0.05) is 48.5 Å². The Kier molecular flexibility index (Phi) is 4.91. The van der Waals surface area contributed by atoms with Gasteiger partial charge in [-0.3, -0.25) is 0 Å². The lowest BCUT2D eigenvalue weighted by Crippen LogP contribution is -2.24. The molecule has 0 N–H and O–H groups in total. The predicted octanol–water partition coefficient (Wildman–Crippen LogP) is 3.15. The standard InChI is InChI=1S/C17H19NO2/c1-18(2)13-16(14-9-5-3-6-10-14)20-17(19)15-11-7-4-8-12-15/h3-12,16H,13H2,1-2H3. The molecule has 104 valence electrons. The van der Waals surface area contributed by atoms with Crippen molar-refractivity contribution >= 4 is 5.97 Å². The maximum Gasteiger partial charge on any atom is 0.338 e. The Balaban J connectivity index is 2.14. The van der Waals surface area contributed by atoms with Gasteiger partial charge in [-0.05, 0) is 31.8 Å². The summed E-state index contributed by atoms with van der Waals surface area (Å²) >= 11 is 0. The van der Waals surface area contributed by atoms with E-state index in [1.54, 1.807) is 12.1 Å². The Morgan fingerprint density at radius 3 is 2.10 bits per heavy atom. The number of ether oxygens (including phenoxy) is 1. The summed E-state index contributed by atoms with van der Waals surface area (Å²) in [6.07, 6.45) is -0.265. The minimum absolute atomic E-state index is 0.265. The van der Waals surface area contributed by atoms with Crippen molar-refractivity contribution < 1.29 is 9.53 Å². The fourth-order valence-corrected chi connectivity index (χ4v) is 1.98. The van der Waals surface area contributed by atoms with Crippen molar-refractivity contribution in [1.82, 2.24) is 4.90 Å². The normalized spacial score (nSPS) is 12.2. The van der Waals surface area contributed by atoms with Crippen LogP contribution in [0.25, 0.3) is 0 Å². The zero-order valence-corrected chi connectivity index (χ0v) is 11.8. The van der Waals surface area contributed by atoms with Crippen molar-refractivity contribution in [1.29, 1.82) is 0 Å². The van der Waals surface area contributed by atoms with Gasteiger partial charge in [-0.15, -0.1) is 0 Å². The number of esters is 1. The van der Waals surface area contributed by atoms with E-state index in [0.29, 0.717) is 12.1 Å². The molecule has 0 aliphatic heterocycles. The second-order valence-electron chi connectivity index (χ2n) is 4.93. The molecule has 3 heteroatoms. The zero-order chi connectivity index (χ0) is 14.4. The first-order valence-electron chi connectivity index (χ1n) is 6.62. The van der Waals surface area contributed by atoms with Crippen LogP contribution in [0.1, 0.15) is 22.0 Å². The van der Waals surface area contributed by atoms with Gasteiger partial charge in [0.2, 0.25) is 0 Å². The third-order valence-corrected chi connectivity index (χ3v) is 2.96. The second-order valence-corrected chi connectivity index (χ2v) is 4.93. The monoisotopic (exact) mass is 269 g/mol. The lowest BCUT2D eigenvalue weighted by atomic mass is 10.1. The molecule has 0 amide bonds. The number of hydrogen-bond donors (Lipinski definition) is 0. The first-order valence-corrected chi connectivity index (χ1v) is 6.62. The molecule has 0 bridgehead atoms. The van der Waals surface area contributed by atoms with Crippen LogP contribution in [0.3, 0.4) is 0 Å². The second kappa shape index (κ2) is 6.87. The van der Waals surface area contributed by atoms with Crippen LogP contribution in [0.2, 0.25) is 0 Å². The molecular weight excluding hydrogens is 250 g/mol. The van der Waals surface area contributed by atoms with Crippen LogP contribution in [-0.2, 0) is 4.74 Å². The average molecular weight is 269 g/mol. The van der Waals surface area contributed by atoms with E-state index in [9.17, 15) is 4.79 Å². The average Bonchev–Trinajstić information content (AvgIpc) is 2.48. The summed E-state index contributed by atoms with van der Waals surface area (Å²) in [7, 11) is 3.93. The number of benzene rings is 2. The number of nitrogens with zero attached hydrogens (tertiary/aromatic N) is 1. The Morgan fingerprint density at radius 1 is 1.00 bits per heavy atom. The van der Waals surface area contributed by atoms with E-state index in [-0.39, 0.29) is 12.1 Å². The summed E-state index contributed by atoms with van der Waals surface area (Å²) in [6, 6.07) is 18.9. The van der Waals surface area contributed by atoms with Gasteiger partial charge in [0.1, 0.15) is 6.10 Å². The zero-order valence-electron chi connectivity index (χ0n) is 11.8.